The molecule has 0 amide bonds. The maximum atomic E-state index is 13.0. The van der Waals surface area contributed by atoms with Crippen molar-refractivity contribution >= 4 is 19.9 Å². The number of ether oxygens (including phenoxy) is 1. The minimum atomic E-state index is -3.72. The molecule has 1 unspecified atom stereocenters. The van der Waals surface area contributed by atoms with E-state index in [1.165, 1.54) is 17.7 Å². The van der Waals surface area contributed by atoms with Gasteiger partial charge in [0.15, 0.2) is 0 Å². The van der Waals surface area contributed by atoms with E-state index >= 15 is 0 Å². The Labute approximate surface area is 144 Å². The summed E-state index contributed by atoms with van der Waals surface area (Å²) in [6.07, 6.45) is 2.57. The van der Waals surface area contributed by atoms with Crippen LogP contribution < -0.4 is 4.74 Å². The molecule has 0 spiro atoms. The number of sulfone groups is 1. The zero-order chi connectivity index (χ0) is 18.1. The van der Waals surface area contributed by atoms with E-state index in [1.807, 2.05) is 13.8 Å². The summed E-state index contributed by atoms with van der Waals surface area (Å²) >= 11 is 0. The van der Waals surface area contributed by atoms with Gasteiger partial charge in [0.1, 0.15) is 20.5 Å². The van der Waals surface area contributed by atoms with Gasteiger partial charge < -0.3 is 4.74 Å². The van der Waals surface area contributed by atoms with Gasteiger partial charge in [-0.25, -0.2) is 16.8 Å². The van der Waals surface area contributed by atoms with Gasteiger partial charge in [-0.3, -0.25) is 0 Å². The van der Waals surface area contributed by atoms with Crippen molar-refractivity contribution in [3.05, 3.63) is 23.3 Å². The van der Waals surface area contributed by atoms with Crippen LogP contribution in [0, 0.1) is 19.8 Å². The summed E-state index contributed by atoms with van der Waals surface area (Å²) in [5.74, 6) is 0.174. The molecule has 136 valence electrons. The molecule has 1 aliphatic heterocycles. The molecule has 0 aromatic heterocycles. The maximum Gasteiger partial charge on any atom is 0.246 e. The van der Waals surface area contributed by atoms with E-state index in [2.05, 4.69) is 0 Å². The smallest absolute Gasteiger partial charge is 0.246 e. The number of nitrogens with zero attached hydrogens (tertiary/aromatic N) is 1. The molecule has 1 fully saturated rings. The summed E-state index contributed by atoms with van der Waals surface area (Å²) in [6.45, 7) is 4.39. The van der Waals surface area contributed by atoms with Crippen LogP contribution in [0.15, 0.2) is 17.0 Å². The lowest BCUT2D eigenvalue weighted by molar-refractivity contribution is 0.281. The first-order valence-corrected chi connectivity index (χ1v) is 11.4. The Morgan fingerprint density at radius 2 is 1.79 bits per heavy atom. The highest BCUT2D eigenvalue weighted by molar-refractivity contribution is 7.90. The molecule has 1 atom stereocenters. The molecular formula is C16H25NO5S2. The molecule has 0 saturated carbocycles. The van der Waals surface area contributed by atoms with E-state index in [1.54, 1.807) is 12.1 Å². The van der Waals surface area contributed by atoms with Crippen molar-refractivity contribution in [3.8, 4) is 5.75 Å². The van der Waals surface area contributed by atoms with Crippen LogP contribution in [0.25, 0.3) is 0 Å². The highest BCUT2D eigenvalue weighted by atomic mass is 32.2. The number of hydrogen-bond donors (Lipinski definition) is 0. The van der Waals surface area contributed by atoms with Crippen LogP contribution in [0.1, 0.15) is 24.0 Å². The molecule has 0 N–H and O–H groups in total. The lowest BCUT2D eigenvalue weighted by Gasteiger charge is -2.32. The van der Waals surface area contributed by atoms with Crippen molar-refractivity contribution in [2.24, 2.45) is 5.92 Å². The van der Waals surface area contributed by atoms with Crippen molar-refractivity contribution in [3.63, 3.8) is 0 Å². The quantitative estimate of drug-likeness (QED) is 0.783. The van der Waals surface area contributed by atoms with Crippen LogP contribution in [-0.4, -0.2) is 53.3 Å². The SMILES string of the molecule is COc1cc(C)c(C)cc1S(=O)(=O)N1CCCC(CS(C)(=O)=O)C1. The highest BCUT2D eigenvalue weighted by Gasteiger charge is 2.33. The fourth-order valence-corrected chi connectivity index (χ4v) is 5.98. The van der Waals surface area contributed by atoms with Gasteiger partial charge in [-0.15, -0.1) is 0 Å². The van der Waals surface area contributed by atoms with E-state index < -0.39 is 19.9 Å². The van der Waals surface area contributed by atoms with Crippen LogP contribution >= 0.6 is 0 Å². The molecule has 8 heteroatoms. The summed E-state index contributed by atoms with van der Waals surface area (Å²) in [5, 5.41) is 0. The predicted octanol–water partition coefficient (Wildman–Crippen LogP) is 1.76. The molecule has 0 radical (unpaired) electrons. The van der Waals surface area contributed by atoms with Gasteiger partial charge >= 0.3 is 0 Å². The van der Waals surface area contributed by atoms with E-state index in [9.17, 15) is 16.8 Å². The second-order valence-corrected chi connectivity index (χ2v) is 10.6. The molecule has 1 aromatic carbocycles. The van der Waals surface area contributed by atoms with Crippen molar-refractivity contribution in [2.75, 3.05) is 32.2 Å². The van der Waals surface area contributed by atoms with E-state index in [-0.39, 0.29) is 23.1 Å². The van der Waals surface area contributed by atoms with Crippen molar-refractivity contribution in [1.82, 2.24) is 4.31 Å². The Hall–Kier alpha value is -1.12. The summed E-state index contributed by atoms with van der Waals surface area (Å²) < 4.78 is 55.8. The molecule has 1 heterocycles. The first-order chi connectivity index (χ1) is 11.0. The van der Waals surface area contributed by atoms with Gasteiger partial charge in [0.05, 0.1) is 12.9 Å². The van der Waals surface area contributed by atoms with E-state index in [0.717, 1.165) is 17.5 Å². The first kappa shape index (κ1) is 19.2. The number of piperidine rings is 1. The number of benzene rings is 1. The second-order valence-electron chi connectivity index (χ2n) is 6.55. The predicted molar refractivity (Wildman–Crippen MR) is 93.7 cm³/mol. The highest BCUT2D eigenvalue weighted by Crippen LogP contribution is 2.32. The Morgan fingerprint density at radius 1 is 1.17 bits per heavy atom. The Bertz CT molecular complexity index is 815. The largest absolute Gasteiger partial charge is 0.495 e. The number of aryl methyl sites for hydroxylation is 2. The molecule has 2 rings (SSSR count). The fourth-order valence-electron chi connectivity index (χ4n) is 3.07. The van der Waals surface area contributed by atoms with E-state index in [4.69, 9.17) is 4.74 Å². The standard InChI is InChI=1S/C16H25NO5S2/c1-12-8-15(22-3)16(9-13(12)2)24(20,21)17-7-5-6-14(10-17)11-23(4,18)19/h8-9,14H,5-7,10-11H2,1-4H3. The normalized spacial score (nSPS) is 20.1. The fraction of sp³-hybridized carbons (Fsp3) is 0.625. The minimum absolute atomic E-state index is 0.0169. The van der Waals surface area contributed by atoms with Gasteiger partial charge in [-0.2, -0.15) is 4.31 Å². The summed E-state index contributed by atoms with van der Waals surface area (Å²) in [5.41, 5.74) is 1.83. The van der Waals surface area contributed by atoms with Crippen LogP contribution in [0.5, 0.6) is 5.75 Å². The molecule has 1 aliphatic rings. The molecule has 24 heavy (non-hydrogen) atoms. The molecule has 6 nitrogen and oxygen atoms in total. The zero-order valence-corrected chi connectivity index (χ0v) is 16.2. The monoisotopic (exact) mass is 375 g/mol. The number of methoxy groups -OCH3 is 1. The van der Waals surface area contributed by atoms with Crippen LogP contribution in [0.2, 0.25) is 0 Å². The van der Waals surface area contributed by atoms with E-state index in [0.29, 0.717) is 18.7 Å². The maximum absolute atomic E-state index is 13.0. The van der Waals surface area contributed by atoms with Gasteiger partial charge in [0.25, 0.3) is 0 Å². The van der Waals surface area contributed by atoms with Gasteiger partial charge in [0, 0.05) is 19.3 Å². The van der Waals surface area contributed by atoms with Crippen LogP contribution in [-0.2, 0) is 19.9 Å². The summed E-state index contributed by atoms with van der Waals surface area (Å²) in [4.78, 5) is 0.146. The van der Waals surface area contributed by atoms with Gasteiger partial charge in [0.2, 0.25) is 10.0 Å². The van der Waals surface area contributed by atoms with Crippen molar-refractivity contribution in [2.45, 2.75) is 31.6 Å². The Kier molecular flexibility index (Phi) is 5.61. The van der Waals surface area contributed by atoms with Crippen LogP contribution in [0.3, 0.4) is 0 Å². The van der Waals surface area contributed by atoms with Gasteiger partial charge in [-0.05, 0) is 55.9 Å². The number of hydrogen-bond acceptors (Lipinski definition) is 5. The third kappa shape index (κ3) is 4.29. The average Bonchev–Trinajstić information content (AvgIpc) is 2.48. The molecular weight excluding hydrogens is 350 g/mol. The van der Waals surface area contributed by atoms with Gasteiger partial charge in [-0.1, -0.05) is 0 Å². The minimum Gasteiger partial charge on any atom is -0.495 e. The molecule has 0 aliphatic carbocycles. The third-order valence-electron chi connectivity index (χ3n) is 4.42. The van der Waals surface area contributed by atoms with Crippen molar-refractivity contribution in [1.29, 1.82) is 0 Å². The second kappa shape index (κ2) is 7.01. The number of sulfonamides is 1. The Morgan fingerprint density at radius 3 is 2.38 bits per heavy atom. The first-order valence-electron chi connectivity index (χ1n) is 7.87. The average molecular weight is 376 g/mol. The van der Waals surface area contributed by atoms with Crippen LogP contribution in [0.4, 0.5) is 0 Å². The topological polar surface area (TPSA) is 80.8 Å². The van der Waals surface area contributed by atoms with Crippen molar-refractivity contribution < 1.29 is 21.6 Å². The third-order valence-corrected chi connectivity index (χ3v) is 7.38. The molecule has 0 bridgehead atoms. The molecule has 1 saturated heterocycles. The zero-order valence-electron chi connectivity index (χ0n) is 14.6. The summed E-state index contributed by atoms with van der Waals surface area (Å²) in [7, 11) is -5.40. The number of rotatable bonds is 5. The summed E-state index contributed by atoms with van der Waals surface area (Å²) in [6, 6.07) is 3.35. The molecule has 1 aromatic rings. The lowest BCUT2D eigenvalue weighted by Crippen LogP contribution is -2.41. The lowest BCUT2D eigenvalue weighted by atomic mass is 10.0. The Balaban J connectivity index is 2.35.